The molecule has 1 heterocycles. The zero-order chi connectivity index (χ0) is 11.2. The van der Waals surface area contributed by atoms with Gasteiger partial charge in [-0.2, -0.15) is 0 Å². The van der Waals surface area contributed by atoms with Crippen molar-refractivity contribution in [1.29, 1.82) is 0 Å². The molecule has 0 saturated heterocycles. The highest BCUT2D eigenvalue weighted by atomic mass is 35.5. The lowest BCUT2D eigenvalue weighted by molar-refractivity contribution is 0.139. The highest BCUT2D eigenvalue weighted by molar-refractivity contribution is 5.85. The van der Waals surface area contributed by atoms with Crippen molar-refractivity contribution in [2.45, 2.75) is 25.5 Å². The Morgan fingerprint density at radius 3 is 2.65 bits per heavy atom. The fraction of sp³-hybridized carbons (Fsp3) is 0.364. The Hall–Kier alpha value is -1.46. The van der Waals surface area contributed by atoms with E-state index in [4.69, 9.17) is 0 Å². The van der Waals surface area contributed by atoms with Crippen LogP contribution in [0, 0.1) is 0 Å². The van der Waals surface area contributed by atoms with Gasteiger partial charge < -0.3 is 5.11 Å². The third-order valence-corrected chi connectivity index (χ3v) is 2.40. The Labute approximate surface area is 106 Å². The fourth-order valence-electron chi connectivity index (χ4n) is 1.55. The maximum absolute atomic E-state index is 9.77. The summed E-state index contributed by atoms with van der Waals surface area (Å²) in [5.74, 6) is 0. The molecule has 1 unspecified atom stereocenters. The first kappa shape index (κ1) is 13.6. The molecule has 1 aromatic heterocycles. The molecule has 0 fully saturated rings. The van der Waals surface area contributed by atoms with Gasteiger partial charge in [-0.3, -0.25) is 0 Å². The van der Waals surface area contributed by atoms with Crippen molar-refractivity contribution in [2.24, 2.45) is 0 Å². The minimum Gasteiger partial charge on any atom is -0.391 e. The molecule has 0 bridgehead atoms. The molecular weight excluding hydrogens is 240 g/mol. The number of hydrogen-bond donors (Lipinski definition) is 1. The maximum atomic E-state index is 9.77. The van der Waals surface area contributed by atoms with Crippen LogP contribution in [-0.4, -0.2) is 31.4 Å². The average molecular weight is 255 g/mol. The third-order valence-electron chi connectivity index (χ3n) is 2.40. The summed E-state index contributed by atoms with van der Waals surface area (Å²) in [6.07, 6.45) is 2.67. The lowest BCUT2D eigenvalue weighted by Gasteiger charge is -2.09. The zero-order valence-electron chi connectivity index (χ0n) is 9.31. The van der Waals surface area contributed by atoms with Gasteiger partial charge in [0.1, 0.15) is 6.33 Å². The van der Waals surface area contributed by atoms with Gasteiger partial charge >= 0.3 is 0 Å². The number of hydrogen-bond acceptors (Lipinski definition) is 4. The first-order valence-corrected chi connectivity index (χ1v) is 5.27. The average Bonchev–Trinajstić information content (AvgIpc) is 2.81. The van der Waals surface area contributed by atoms with Gasteiger partial charge in [0.2, 0.25) is 0 Å². The highest BCUT2D eigenvalue weighted by Crippen LogP contribution is 2.05. The number of rotatable bonds is 5. The Balaban J connectivity index is 0.00000144. The quantitative estimate of drug-likeness (QED) is 0.868. The van der Waals surface area contributed by atoms with Crippen molar-refractivity contribution in [3.8, 4) is 0 Å². The molecule has 2 rings (SSSR count). The smallest absolute Gasteiger partial charge is 0.138 e. The number of tetrazole rings is 1. The summed E-state index contributed by atoms with van der Waals surface area (Å²) in [4.78, 5) is 0. The standard InChI is InChI=1S/C11H14N4O.ClH/c16-11(8-15-9-12-13-14-15)7-6-10-4-2-1-3-5-10;/h1-5,9,11,16H,6-8H2;1H. The summed E-state index contributed by atoms with van der Waals surface area (Å²) < 4.78 is 1.54. The fourth-order valence-corrected chi connectivity index (χ4v) is 1.55. The number of benzene rings is 1. The van der Waals surface area contributed by atoms with Gasteiger partial charge in [0.05, 0.1) is 12.6 Å². The SMILES string of the molecule is Cl.OC(CCc1ccccc1)Cn1cnnn1. The second-order valence-electron chi connectivity index (χ2n) is 3.71. The van der Waals surface area contributed by atoms with E-state index in [9.17, 15) is 5.11 Å². The first-order valence-electron chi connectivity index (χ1n) is 5.27. The van der Waals surface area contributed by atoms with Gasteiger partial charge in [-0.05, 0) is 28.8 Å². The van der Waals surface area contributed by atoms with Crippen LogP contribution in [-0.2, 0) is 13.0 Å². The third kappa shape index (κ3) is 4.50. The van der Waals surface area contributed by atoms with Crippen LogP contribution >= 0.6 is 12.4 Å². The Bertz CT molecular complexity index is 407. The number of aromatic nitrogens is 4. The normalized spacial score (nSPS) is 11.8. The number of nitrogens with zero attached hydrogens (tertiary/aromatic N) is 4. The van der Waals surface area contributed by atoms with E-state index in [1.807, 2.05) is 18.2 Å². The molecule has 0 radical (unpaired) electrons. The van der Waals surface area contributed by atoms with Gasteiger partial charge in [-0.25, -0.2) is 4.68 Å². The minimum atomic E-state index is -0.413. The lowest BCUT2D eigenvalue weighted by atomic mass is 10.1. The van der Waals surface area contributed by atoms with Crippen LogP contribution in [0.25, 0.3) is 0 Å². The van der Waals surface area contributed by atoms with E-state index in [1.165, 1.54) is 16.6 Å². The molecule has 0 aliphatic heterocycles. The molecule has 17 heavy (non-hydrogen) atoms. The molecule has 0 saturated carbocycles. The molecule has 1 atom stereocenters. The van der Waals surface area contributed by atoms with Gasteiger partial charge in [-0.15, -0.1) is 17.5 Å². The summed E-state index contributed by atoms with van der Waals surface area (Å²) in [6.45, 7) is 0.444. The van der Waals surface area contributed by atoms with Crippen molar-refractivity contribution in [1.82, 2.24) is 20.2 Å². The largest absolute Gasteiger partial charge is 0.391 e. The molecule has 0 spiro atoms. The number of aliphatic hydroxyl groups is 1. The molecule has 5 nitrogen and oxygen atoms in total. The van der Waals surface area contributed by atoms with Crippen LogP contribution in [0.4, 0.5) is 0 Å². The molecular formula is C11H15ClN4O. The zero-order valence-corrected chi connectivity index (χ0v) is 10.1. The monoisotopic (exact) mass is 254 g/mol. The topological polar surface area (TPSA) is 63.8 Å². The van der Waals surface area contributed by atoms with Crippen molar-refractivity contribution < 1.29 is 5.11 Å². The van der Waals surface area contributed by atoms with Gasteiger partial charge in [0.15, 0.2) is 0 Å². The molecule has 0 aliphatic carbocycles. The van der Waals surface area contributed by atoms with Crippen LogP contribution in [0.15, 0.2) is 36.7 Å². The second kappa shape index (κ2) is 6.98. The Morgan fingerprint density at radius 1 is 1.24 bits per heavy atom. The summed E-state index contributed by atoms with van der Waals surface area (Å²) in [5, 5.41) is 20.5. The molecule has 1 N–H and O–H groups in total. The van der Waals surface area contributed by atoms with E-state index in [1.54, 1.807) is 0 Å². The van der Waals surface area contributed by atoms with Crippen LogP contribution in [0.1, 0.15) is 12.0 Å². The van der Waals surface area contributed by atoms with Crippen molar-refractivity contribution in [3.05, 3.63) is 42.2 Å². The number of aliphatic hydroxyl groups excluding tert-OH is 1. The first-order chi connectivity index (χ1) is 7.84. The van der Waals surface area contributed by atoms with Crippen LogP contribution < -0.4 is 0 Å². The number of halogens is 1. The van der Waals surface area contributed by atoms with Gasteiger partial charge in [0.25, 0.3) is 0 Å². The van der Waals surface area contributed by atoms with E-state index in [-0.39, 0.29) is 12.4 Å². The van der Waals surface area contributed by atoms with E-state index >= 15 is 0 Å². The highest BCUT2D eigenvalue weighted by Gasteiger charge is 2.06. The summed E-state index contributed by atoms with van der Waals surface area (Å²) >= 11 is 0. The second-order valence-corrected chi connectivity index (χ2v) is 3.71. The molecule has 0 amide bonds. The minimum absolute atomic E-state index is 0. The van der Waals surface area contributed by atoms with Crippen LogP contribution in [0.5, 0.6) is 0 Å². The predicted octanol–water partition coefficient (Wildman–Crippen LogP) is 1.09. The molecule has 0 aliphatic rings. The molecule has 2 aromatic rings. The van der Waals surface area contributed by atoms with Gasteiger partial charge in [-0.1, -0.05) is 30.3 Å². The van der Waals surface area contributed by atoms with Gasteiger partial charge in [0, 0.05) is 0 Å². The molecule has 92 valence electrons. The predicted molar refractivity (Wildman–Crippen MR) is 65.8 cm³/mol. The summed E-state index contributed by atoms with van der Waals surface area (Å²) in [5.41, 5.74) is 1.23. The van der Waals surface area contributed by atoms with Crippen molar-refractivity contribution in [3.63, 3.8) is 0 Å². The Morgan fingerprint density at radius 2 is 2.00 bits per heavy atom. The van der Waals surface area contributed by atoms with E-state index in [2.05, 4.69) is 27.7 Å². The number of aryl methyl sites for hydroxylation is 1. The van der Waals surface area contributed by atoms with Crippen LogP contribution in [0.3, 0.4) is 0 Å². The molecule has 6 heteroatoms. The van der Waals surface area contributed by atoms with E-state index in [0.717, 1.165) is 6.42 Å². The summed E-state index contributed by atoms with van der Waals surface area (Å²) in [7, 11) is 0. The van der Waals surface area contributed by atoms with E-state index in [0.29, 0.717) is 13.0 Å². The maximum Gasteiger partial charge on any atom is 0.138 e. The van der Waals surface area contributed by atoms with E-state index < -0.39 is 6.10 Å². The van der Waals surface area contributed by atoms with Crippen molar-refractivity contribution >= 4 is 12.4 Å². The van der Waals surface area contributed by atoms with Crippen LogP contribution in [0.2, 0.25) is 0 Å². The van der Waals surface area contributed by atoms with Crippen molar-refractivity contribution in [2.75, 3.05) is 0 Å². The lowest BCUT2D eigenvalue weighted by Crippen LogP contribution is -2.17. The summed E-state index contributed by atoms with van der Waals surface area (Å²) in [6, 6.07) is 10.1. The molecule has 1 aromatic carbocycles. The Kier molecular flexibility index (Phi) is 5.59.